The lowest BCUT2D eigenvalue weighted by atomic mass is 9.69. The van der Waals surface area contributed by atoms with Crippen LogP contribution in [0.3, 0.4) is 0 Å². The number of carbonyl (C=O) groups is 1. The standard InChI is InChI=1S/C23H32N2O2/c1-16(2)22(3)14-23(11-6-5-7-12-23)15-25(22)21(26)19-13-17-18(24-19)9-8-10-20(17)27-4/h8-10,13,16,24H,5-7,11-12,14-15H2,1-4H3. The number of hydrogen-bond acceptors (Lipinski definition) is 2. The molecular weight excluding hydrogens is 336 g/mol. The summed E-state index contributed by atoms with van der Waals surface area (Å²) >= 11 is 0. The predicted molar refractivity (Wildman–Crippen MR) is 109 cm³/mol. The van der Waals surface area contributed by atoms with E-state index in [1.54, 1.807) is 7.11 Å². The first kappa shape index (κ1) is 18.4. The van der Waals surface area contributed by atoms with Gasteiger partial charge >= 0.3 is 0 Å². The number of ether oxygens (including phenoxy) is 1. The minimum Gasteiger partial charge on any atom is -0.496 e. The Labute approximate surface area is 162 Å². The molecule has 0 radical (unpaired) electrons. The zero-order valence-electron chi connectivity index (χ0n) is 17.1. The molecule has 1 aliphatic heterocycles. The number of rotatable bonds is 3. The van der Waals surface area contributed by atoms with Gasteiger partial charge in [-0.2, -0.15) is 0 Å². The van der Waals surface area contributed by atoms with Gasteiger partial charge in [-0.3, -0.25) is 4.79 Å². The molecule has 2 aliphatic rings. The van der Waals surface area contributed by atoms with Crippen LogP contribution < -0.4 is 4.74 Å². The Balaban J connectivity index is 1.71. The van der Waals surface area contributed by atoms with Crippen LogP contribution in [0.25, 0.3) is 10.9 Å². The largest absolute Gasteiger partial charge is 0.496 e. The summed E-state index contributed by atoms with van der Waals surface area (Å²) in [6, 6.07) is 7.86. The van der Waals surface area contributed by atoms with Crippen LogP contribution in [0.2, 0.25) is 0 Å². The van der Waals surface area contributed by atoms with Gasteiger partial charge in [-0.15, -0.1) is 0 Å². The van der Waals surface area contributed by atoms with Crippen molar-refractivity contribution in [1.29, 1.82) is 0 Å². The fourth-order valence-corrected chi connectivity index (χ4v) is 5.45. The number of nitrogens with one attached hydrogen (secondary N) is 1. The van der Waals surface area contributed by atoms with Crippen molar-refractivity contribution in [2.24, 2.45) is 11.3 Å². The van der Waals surface area contributed by atoms with Gasteiger partial charge in [-0.05, 0) is 55.7 Å². The maximum atomic E-state index is 13.6. The first-order valence-corrected chi connectivity index (χ1v) is 10.4. The molecule has 1 saturated heterocycles. The molecule has 146 valence electrons. The number of aromatic nitrogens is 1. The van der Waals surface area contributed by atoms with E-state index in [2.05, 4.69) is 30.7 Å². The van der Waals surface area contributed by atoms with Crippen LogP contribution in [0.5, 0.6) is 5.75 Å². The molecule has 1 spiro atoms. The molecule has 1 N–H and O–H groups in total. The maximum absolute atomic E-state index is 13.6. The van der Waals surface area contributed by atoms with Gasteiger partial charge in [-0.25, -0.2) is 0 Å². The SMILES string of the molecule is COc1cccc2[nH]c(C(=O)N3CC4(CCCCC4)CC3(C)C(C)C)cc12. The van der Waals surface area contributed by atoms with Crippen molar-refractivity contribution in [1.82, 2.24) is 9.88 Å². The van der Waals surface area contributed by atoms with Crippen LogP contribution in [0.1, 0.15) is 69.8 Å². The van der Waals surface area contributed by atoms with Crippen LogP contribution in [0, 0.1) is 11.3 Å². The van der Waals surface area contributed by atoms with E-state index >= 15 is 0 Å². The summed E-state index contributed by atoms with van der Waals surface area (Å²) < 4.78 is 5.47. The second kappa shape index (κ2) is 6.57. The molecule has 0 bridgehead atoms. The van der Waals surface area contributed by atoms with Gasteiger partial charge in [0.25, 0.3) is 5.91 Å². The van der Waals surface area contributed by atoms with Gasteiger partial charge in [0.05, 0.1) is 7.11 Å². The molecule has 4 nitrogen and oxygen atoms in total. The fraction of sp³-hybridized carbons (Fsp3) is 0.609. The van der Waals surface area contributed by atoms with E-state index in [1.807, 2.05) is 24.3 Å². The van der Waals surface area contributed by atoms with Crippen molar-refractivity contribution in [3.8, 4) is 5.75 Å². The van der Waals surface area contributed by atoms with Gasteiger partial charge in [0.1, 0.15) is 11.4 Å². The number of likely N-dealkylation sites (tertiary alicyclic amines) is 1. The molecule has 4 rings (SSSR count). The highest BCUT2D eigenvalue weighted by molar-refractivity contribution is 6.00. The zero-order valence-corrected chi connectivity index (χ0v) is 17.1. The Kier molecular flexibility index (Phi) is 4.48. The molecule has 2 fully saturated rings. The summed E-state index contributed by atoms with van der Waals surface area (Å²) in [5.74, 6) is 1.37. The third-order valence-electron chi connectivity index (χ3n) is 7.32. The number of methoxy groups -OCH3 is 1. The Morgan fingerprint density at radius 2 is 1.96 bits per heavy atom. The number of amides is 1. The van der Waals surface area contributed by atoms with E-state index in [-0.39, 0.29) is 11.4 Å². The first-order chi connectivity index (χ1) is 12.9. The van der Waals surface area contributed by atoms with Crippen molar-refractivity contribution in [2.75, 3.05) is 13.7 Å². The lowest BCUT2D eigenvalue weighted by Gasteiger charge is -2.39. The molecule has 2 heterocycles. The number of carbonyl (C=O) groups excluding carboxylic acids is 1. The van der Waals surface area contributed by atoms with Crippen molar-refractivity contribution < 1.29 is 9.53 Å². The van der Waals surface area contributed by atoms with E-state index in [4.69, 9.17) is 4.74 Å². The Hall–Kier alpha value is -1.97. The maximum Gasteiger partial charge on any atom is 0.270 e. The smallest absolute Gasteiger partial charge is 0.270 e. The van der Waals surface area contributed by atoms with E-state index in [0.717, 1.165) is 29.6 Å². The molecule has 1 atom stereocenters. The number of nitrogens with zero attached hydrogens (tertiary/aromatic N) is 1. The normalized spacial score (nSPS) is 24.9. The lowest BCUT2D eigenvalue weighted by Crippen LogP contribution is -2.48. The number of fused-ring (bicyclic) bond motifs is 1. The highest BCUT2D eigenvalue weighted by Gasteiger charge is 2.53. The van der Waals surface area contributed by atoms with Crippen molar-refractivity contribution in [3.05, 3.63) is 30.0 Å². The van der Waals surface area contributed by atoms with Crippen molar-refractivity contribution in [3.63, 3.8) is 0 Å². The summed E-state index contributed by atoms with van der Waals surface area (Å²) in [5, 5.41) is 0.973. The van der Waals surface area contributed by atoms with Crippen LogP contribution in [0.4, 0.5) is 0 Å². The van der Waals surface area contributed by atoms with Gasteiger partial charge in [0.2, 0.25) is 0 Å². The summed E-state index contributed by atoms with van der Waals surface area (Å²) in [6.07, 6.45) is 7.61. The molecule has 27 heavy (non-hydrogen) atoms. The quantitative estimate of drug-likeness (QED) is 0.790. The summed E-state index contributed by atoms with van der Waals surface area (Å²) in [4.78, 5) is 19.1. The zero-order chi connectivity index (χ0) is 19.2. The highest BCUT2D eigenvalue weighted by Crippen LogP contribution is 2.53. The molecule has 1 aromatic carbocycles. The third kappa shape index (κ3) is 2.94. The average molecular weight is 369 g/mol. The predicted octanol–water partition coefficient (Wildman–Crippen LogP) is 5.39. The molecular formula is C23H32N2O2. The molecule has 1 saturated carbocycles. The fourth-order valence-electron chi connectivity index (χ4n) is 5.45. The minimum absolute atomic E-state index is 0.0875. The first-order valence-electron chi connectivity index (χ1n) is 10.4. The third-order valence-corrected chi connectivity index (χ3v) is 7.32. The Bertz CT molecular complexity index is 847. The van der Waals surface area contributed by atoms with Crippen LogP contribution >= 0.6 is 0 Å². The van der Waals surface area contributed by atoms with E-state index < -0.39 is 0 Å². The van der Waals surface area contributed by atoms with Crippen LogP contribution in [-0.2, 0) is 0 Å². The molecule has 2 aromatic rings. The monoisotopic (exact) mass is 368 g/mol. The molecule has 1 unspecified atom stereocenters. The van der Waals surface area contributed by atoms with Crippen molar-refractivity contribution >= 4 is 16.8 Å². The van der Waals surface area contributed by atoms with Gasteiger partial charge in [0.15, 0.2) is 0 Å². The highest BCUT2D eigenvalue weighted by atomic mass is 16.5. The summed E-state index contributed by atoms with van der Waals surface area (Å²) in [7, 11) is 1.67. The number of hydrogen-bond donors (Lipinski definition) is 1. The second-order valence-electron chi connectivity index (χ2n) is 9.25. The topological polar surface area (TPSA) is 45.3 Å². The van der Waals surface area contributed by atoms with Crippen LogP contribution in [-0.4, -0.2) is 35.0 Å². The van der Waals surface area contributed by atoms with E-state index in [0.29, 0.717) is 17.0 Å². The van der Waals surface area contributed by atoms with Crippen LogP contribution in [0.15, 0.2) is 24.3 Å². The second-order valence-corrected chi connectivity index (χ2v) is 9.25. The average Bonchev–Trinajstić information content (AvgIpc) is 3.21. The molecule has 1 amide bonds. The summed E-state index contributed by atoms with van der Waals surface area (Å²) in [6.45, 7) is 7.71. The Morgan fingerprint density at radius 3 is 2.63 bits per heavy atom. The number of H-pyrrole nitrogens is 1. The van der Waals surface area contributed by atoms with Gasteiger partial charge in [0, 0.05) is 23.0 Å². The number of benzene rings is 1. The molecule has 1 aromatic heterocycles. The van der Waals surface area contributed by atoms with Gasteiger partial charge in [-0.1, -0.05) is 39.2 Å². The van der Waals surface area contributed by atoms with E-state index in [1.165, 1.54) is 32.1 Å². The van der Waals surface area contributed by atoms with Gasteiger partial charge < -0.3 is 14.6 Å². The number of aromatic amines is 1. The van der Waals surface area contributed by atoms with E-state index in [9.17, 15) is 4.79 Å². The summed E-state index contributed by atoms with van der Waals surface area (Å²) in [5.41, 5.74) is 1.86. The molecule has 4 heteroatoms. The minimum atomic E-state index is -0.0875. The molecule has 1 aliphatic carbocycles. The van der Waals surface area contributed by atoms with Crippen molar-refractivity contribution in [2.45, 2.75) is 64.8 Å². The lowest BCUT2D eigenvalue weighted by molar-refractivity contribution is 0.0521. The Morgan fingerprint density at radius 1 is 1.22 bits per heavy atom.